The number of aromatic amines is 1. The number of nitrogens with one attached hydrogen (secondary N) is 2. The zero-order valence-corrected chi connectivity index (χ0v) is 21.9. The average Bonchev–Trinajstić information content (AvgIpc) is 3.26. The van der Waals surface area contributed by atoms with Gasteiger partial charge in [0.05, 0.1) is 53.2 Å². The van der Waals surface area contributed by atoms with Gasteiger partial charge in [-0.15, -0.1) is 0 Å². The van der Waals surface area contributed by atoms with E-state index in [-0.39, 0.29) is 17.6 Å². The van der Waals surface area contributed by atoms with Crippen molar-refractivity contribution < 1.29 is 9.18 Å². The second-order valence-corrected chi connectivity index (χ2v) is 9.87. The largest absolute Gasteiger partial charge is 0.335 e. The molecule has 1 aliphatic heterocycles. The molecule has 0 unspecified atom stereocenters. The maximum absolute atomic E-state index is 13.5. The number of carbonyl (C=O) groups is 1. The standard InChI is InChI=1S/C30H25FN8O/c1-17(2)9-27(40)37-21-10-19(12-32-13-21)24-11-22-25(16-36-24)34-7-8-35-29(22)30-38-26-15-33-14-23(28(26)39-30)18-3-5-20(31)6-4-18/h3-7,10-17H,8-9H2,1-2H3,(H,37,40)(H,38,39). The van der Waals surface area contributed by atoms with E-state index in [0.717, 1.165) is 27.8 Å². The highest BCUT2D eigenvalue weighted by atomic mass is 19.1. The van der Waals surface area contributed by atoms with Gasteiger partial charge in [0.2, 0.25) is 5.91 Å². The van der Waals surface area contributed by atoms with Gasteiger partial charge in [-0.2, -0.15) is 0 Å². The van der Waals surface area contributed by atoms with Crippen LogP contribution in [-0.2, 0) is 4.79 Å². The number of fused-ring (bicyclic) bond motifs is 2. The van der Waals surface area contributed by atoms with E-state index >= 15 is 0 Å². The number of benzene rings is 1. The van der Waals surface area contributed by atoms with E-state index in [1.165, 1.54) is 12.1 Å². The third-order valence-electron chi connectivity index (χ3n) is 6.38. The van der Waals surface area contributed by atoms with Crippen molar-refractivity contribution in [1.29, 1.82) is 0 Å². The maximum Gasteiger partial charge on any atom is 0.224 e. The predicted octanol–water partition coefficient (Wildman–Crippen LogP) is 5.76. The molecule has 0 saturated carbocycles. The van der Waals surface area contributed by atoms with Crippen LogP contribution >= 0.6 is 0 Å². The highest BCUT2D eigenvalue weighted by molar-refractivity contribution is 6.16. The molecule has 40 heavy (non-hydrogen) atoms. The Morgan fingerprint density at radius 1 is 1.00 bits per heavy atom. The van der Waals surface area contributed by atoms with Gasteiger partial charge in [0.1, 0.15) is 11.5 Å². The number of amides is 1. The predicted molar refractivity (Wildman–Crippen MR) is 153 cm³/mol. The maximum atomic E-state index is 13.5. The molecule has 10 heteroatoms. The summed E-state index contributed by atoms with van der Waals surface area (Å²) in [6, 6.07) is 9.99. The number of hydrogen-bond donors (Lipinski definition) is 2. The Balaban J connectivity index is 1.38. The molecule has 1 aromatic carbocycles. The Morgan fingerprint density at radius 2 is 1.82 bits per heavy atom. The quantitative estimate of drug-likeness (QED) is 0.288. The second kappa shape index (κ2) is 10.6. The van der Waals surface area contributed by atoms with Gasteiger partial charge in [0.15, 0.2) is 5.82 Å². The first-order valence-corrected chi connectivity index (χ1v) is 12.9. The van der Waals surface area contributed by atoms with Crippen molar-refractivity contribution in [3.63, 3.8) is 0 Å². The molecule has 6 rings (SSSR count). The number of aliphatic imine (C=N–C) groups is 2. The molecule has 0 spiro atoms. The highest BCUT2D eigenvalue weighted by Crippen LogP contribution is 2.31. The number of H-pyrrole nitrogens is 1. The van der Waals surface area contributed by atoms with Crippen molar-refractivity contribution >= 4 is 40.2 Å². The zero-order valence-electron chi connectivity index (χ0n) is 21.9. The van der Waals surface area contributed by atoms with Gasteiger partial charge >= 0.3 is 0 Å². The van der Waals surface area contributed by atoms with E-state index in [1.54, 1.807) is 49.3 Å². The van der Waals surface area contributed by atoms with Crippen LogP contribution in [0.4, 0.5) is 15.8 Å². The normalized spacial score (nSPS) is 12.8. The molecule has 0 fully saturated rings. The van der Waals surface area contributed by atoms with Crippen molar-refractivity contribution in [2.24, 2.45) is 15.9 Å². The van der Waals surface area contributed by atoms with Gasteiger partial charge in [-0.1, -0.05) is 26.0 Å². The second-order valence-electron chi connectivity index (χ2n) is 9.87. The van der Waals surface area contributed by atoms with Crippen molar-refractivity contribution in [3.8, 4) is 22.4 Å². The number of anilines is 1. The Labute approximate surface area is 229 Å². The third-order valence-corrected chi connectivity index (χ3v) is 6.38. The van der Waals surface area contributed by atoms with Crippen LogP contribution in [0.5, 0.6) is 0 Å². The van der Waals surface area contributed by atoms with Crippen LogP contribution < -0.4 is 5.32 Å². The fourth-order valence-corrected chi connectivity index (χ4v) is 4.57. The lowest BCUT2D eigenvalue weighted by Crippen LogP contribution is -2.14. The highest BCUT2D eigenvalue weighted by Gasteiger charge is 2.20. The third kappa shape index (κ3) is 5.11. The summed E-state index contributed by atoms with van der Waals surface area (Å²) in [6.07, 6.45) is 10.6. The lowest BCUT2D eigenvalue weighted by atomic mass is 10.0. The zero-order chi connectivity index (χ0) is 27.6. The van der Waals surface area contributed by atoms with Crippen molar-refractivity contribution in [3.05, 3.63) is 84.6 Å². The lowest BCUT2D eigenvalue weighted by Gasteiger charge is -2.10. The van der Waals surface area contributed by atoms with Gasteiger partial charge in [-0.3, -0.25) is 29.7 Å². The number of hydrogen-bond acceptors (Lipinski definition) is 7. The fourth-order valence-electron chi connectivity index (χ4n) is 4.57. The number of halogens is 1. The van der Waals surface area contributed by atoms with Gasteiger partial charge < -0.3 is 10.3 Å². The first-order valence-electron chi connectivity index (χ1n) is 12.9. The Hall–Kier alpha value is -5.12. The molecule has 4 aromatic heterocycles. The van der Waals surface area contributed by atoms with E-state index in [1.807, 2.05) is 26.0 Å². The van der Waals surface area contributed by atoms with Crippen LogP contribution in [-0.4, -0.2) is 49.3 Å². The molecule has 5 aromatic rings. The van der Waals surface area contributed by atoms with Crippen molar-refractivity contribution in [1.82, 2.24) is 24.9 Å². The summed E-state index contributed by atoms with van der Waals surface area (Å²) in [5, 5.41) is 2.91. The minimum atomic E-state index is -0.306. The van der Waals surface area contributed by atoms with Crippen LogP contribution in [0.25, 0.3) is 33.4 Å². The number of carbonyl (C=O) groups excluding carboxylic acids is 1. The van der Waals surface area contributed by atoms with Crippen LogP contribution in [0.1, 0.15) is 31.7 Å². The lowest BCUT2D eigenvalue weighted by molar-refractivity contribution is -0.116. The summed E-state index contributed by atoms with van der Waals surface area (Å²) in [5.74, 6) is 0.440. The molecule has 5 heterocycles. The van der Waals surface area contributed by atoms with E-state index in [0.29, 0.717) is 47.1 Å². The molecule has 0 radical (unpaired) electrons. The molecule has 2 N–H and O–H groups in total. The summed E-state index contributed by atoms with van der Waals surface area (Å²) in [7, 11) is 0. The molecule has 1 amide bonds. The van der Waals surface area contributed by atoms with Crippen molar-refractivity contribution in [2.45, 2.75) is 20.3 Å². The SMILES string of the molecule is CC(C)CC(=O)Nc1cncc(-c2cc3c(cn2)N=CCN=C3c2nc3c(-c4ccc(F)cc4)cncc3[nH]2)c1. The molecule has 1 aliphatic rings. The van der Waals surface area contributed by atoms with Crippen LogP contribution in [0.15, 0.2) is 77.4 Å². The van der Waals surface area contributed by atoms with Gasteiger partial charge in [0.25, 0.3) is 0 Å². The van der Waals surface area contributed by atoms with Crippen molar-refractivity contribution in [2.75, 3.05) is 11.9 Å². The minimum Gasteiger partial charge on any atom is -0.335 e. The van der Waals surface area contributed by atoms with E-state index in [2.05, 4.69) is 30.2 Å². The van der Waals surface area contributed by atoms with E-state index in [9.17, 15) is 9.18 Å². The summed E-state index contributed by atoms with van der Waals surface area (Å²) < 4.78 is 13.5. The monoisotopic (exact) mass is 532 g/mol. The number of nitrogens with zero attached hydrogens (tertiary/aromatic N) is 6. The first-order chi connectivity index (χ1) is 19.4. The number of rotatable bonds is 6. The summed E-state index contributed by atoms with van der Waals surface area (Å²) in [4.78, 5) is 43.1. The van der Waals surface area contributed by atoms with E-state index < -0.39 is 0 Å². The molecule has 0 bridgehead atoms. The Morgan fingerprint density at radius 3 is 2.65 bits per heavy atom. The number of imidazole rings is 1. The Bertz CT molecular complexity index is 1790. The fraction of sp³-hybridized carbons (Fsp3) is 0.167. The smallest absolute Gasteiger partial charge is 0.224 e. The van der Waals surface area contributed by atoms with Gasteiger partial charge in [-0.05, 0) is 35.7 Å². The molecule has 198 valence electrons. The van der Waals surface area contributed by atoms with Gasteiger partial charge in [-0.25, -0.2) is 9.37 Å². The molecular weight excluding hydrogens is 507 g/mol. The molecule has 0 aliphatic carbocycles. The number of aromatic nitrogens is 5. The first kappa shape index (κ1) is 25.2. The molecular formula is C30H25FN8O. The molecule has 0 saturated heterocycles. The molecule has 9 nitrogen and oxygen atoms in total. The topological polar surface area (TPSA) is 121 Å². The summed E-state index contributed by atoms with van der Waals surface area (Å²) >= 11 is 0. The van der Waals surface area contributed by atoms with Crippen LogP contribution in [0.3, 0.4) is 0 Å². The van der Waals surface area contributed by atoms with Crippen LogP contribution in [0.2, 0.25) is 0 Å². The molecule has 0 atom stereocenters. The minimum absolute atomic E-state index is 0.0630. The average molecular weight is 533 g/mol. The van der Waals surface area contributed by atoms with Gasteiger partial charge in [0, 0.05) is 41.7 Å². The van der Waals surface area contributed by atoms with E-state index in [4.69, 9.17) is 9.98 Å². The summed E-state index contributed by atoms with van der Waals surface area (Å²) in [6.45, 7) is 4.37. The van der Waals surface area contributed by atoms with Crippen LogP contribution in [0, 0.1) is 11.7 Å². The summed E-state index contributed by atoms with van der Waals surface area (Å²) in [5.41, 5.74) is 7.06. The number of pyridine rings is 3. The Kier molecular flexibility index (Phi) is 6.65.